The Hall–Kier alpha value is -1.14. The van der Waals surface area contributed by atoms with Gasteiger partial charge >= 0.3 is 5.97 Å². The smallest absolute Gasteiger partial charge is 0.305 e. The Morgan fingerprint density at radius 1 is 1.36 bits per heavy atom. The molecule has 6 heteroatoms. The van der Waals surface area contributed by atoms with Crippen molar-refractivity contribution in [2.24, 2.45) is 0 Å². The fourth-order valence-corrected chi connectivity index (χ4v) is 3.71. The molecule has 124 valence electrons. The van der Waals surface area contributed by atoms with Crippen LogP contribution in [0.25, 0.3) is 0 Å². The van der Waals surface area contributed by atoms with Gasteiger partial charge in [0.05, 0.1) is 12.1 Å². The van der Waals surface area contributed by atoms with Gasteiger partial charge in [0.1, 0.15) is 0 Å². The maximum Gasteiger partial charge on any atom is 0.305 e. The number of carboxylic acid groups (broad SMARTS) is 1. The predicted octanol–water partition coefficient (Wildman–Crippen LogP) is 3.03. The van der Waals surface area contributed by atoms with Crippen molar-refractivity contribution in [3.8, 4) is 0 Å². The van der Waals surface area contributed by atoms with E-state index >= 15 is 0 Å². The summed E-state index contributed by atoms with van der Waals surface area (Å²) in [6.07, 6.45) is 4.06. The number of aromatic nitrogens is 1. The van der Waals surface area contributed by atoms with E-state index in [1.807, 2.05) is 0 Å². The zero-order valence-corrected chi connectivity index (χ0v) is 14.4. The molecule has 0 aliphatic carbocycles. The fraction of sp³-hybridized carbons (Fsp3) is 0.750. The van der Waals surface area contributed by atoms with Gasteiger partial charge in [0.2, 0.25) is 0 Å². The van der Waals surface area contributed by atoms with Crippen LogP contribution >= 0.6 is 11.3 Å². The quantitative estimate of drug-likeness (QED) is 0.796. The molecule has 1 aromatic rings. The highest BCUT2D eigenvalue weighted by molar-refractivity contribution is 7.13. The molecule has 1 N–H and O–H groups in total. The second-order valence-corrected chi connectivity index (χ2v) is 7.08. The van der Waals surface area contributed by atoms with Crippen molar-refractivity contribution in [1.82, 2.24) is 9.88 Å². The van der Waals surface area contributed by atoms with Crippen LogP contribution in [-0.2, 0) is 4.79 Å². The molecule has 0 radical (unpaired) electrons. The number of hydrogen-bond acceptors (Lipinski definition) is 5. The Kier molecular flexibility index (Phi) is 6.64. The molecule has 1 aromatic heterocycles. The third kappa shape index (κ3) is 5.25. The van der Waals surface area contributed by atoms with Crippen LogP contribution in [0.4, 0.5) is 5.13 Å². The number of carbonyl (C=O) groups is 1. The average molecular weight is 325 g/mol. The number of nitrogens with zero attached hydrogens (tertiary/aromatic N) is 3. The Morgan fingerprint density at radius 3 is 2.68 bits per heavy atom. The van der Waals surface area contributed by atoms with Gasteiger partial charge in [-0.25, -0.2) is 4.98 Å². The lowest BCUT2D eigenvalue weighted by Crippen LogP contribution is -2.38. The maximum atomic E-state index is 10.9. The van der Waals surface area contributed by atoms with Crippen molar-refractivity contribution >= 4 is 22.4 Å². The summed E-state index contributed by atoms with van der Waals surface area (Å²) >= 11 is 1.63. The van der Waals surface area contributed by atoms with Crippen molar-refractivity contribution < 1.29 is 9.90 Å². The second-order valence-electron chi connectivity index (χ2n) is 6.24. The first-order chi connectivity index (χ1) is 10.6. The molecule has 0 atom stereocenters. The highest BCUT2D eigenvalue weighted by Crippen LogP contribution is 2.25. The Labute approximate surface area is 137 Å². The Morgan fingerprint density at radius 2 is 2.09 bits per heavy atom. The van der Waals surface area contributed by atoms with Crippen molar-refractivity contribution in [3.05, 3.63) is 11.1 Å². The third-order valence-electron chi connectivity index (χ3n) is 4.10. The highest BCUT2D eigenvalue weighted by atomic mass is 32.1. The monoisotopic (exact) mass is 325 g/mol. The molecule has 2 heterocycles. The van der Waals surface area contributed by atoms with Gasteiger partial charge < -0.3 is 14.9 Å². The standard InChI is InChI=1S/C16H27N3O2S/c1-13(2)14-12-22-16(17-14)19(9-6-15(20)21)11-10-18-7-4-3-5-8-18/h12-13H,3-11H2,1-2H3,(H,20,21). The van der Waals surface area contributed by atoms with Crippen molar-refractivity contribution in [2.45, 2.75) is 45.4 Å². The summed E-state index contributed by atoms with van der Waals surface area (Å²) in [5.41, 5.74) is 1.10. The average Bonchev–Trinajstić information content (AvgIpc) is 2.98. The molecular weight excluding hydrogens is 298 g/mol. The van der Waals surface area contributed by atoms with E-state index in [9.17, 15) is 4.79 Å². The first-order valence-electron chi connectivity index (χ1n) is 8.21. The molecule has 0 amide bonds. The predicted molar refractivity (Wildman–Crippen MR) is 91.0 cm³/mol. The van der Waals surface area contributed by atoms with Crippen LogP contribution in [0.3, 0.4) is 0 Å². The maximum absolute atomic E-state index is 10.9. The second kappa shape index (κ2) is 8.48. The van der Waals surface area contributed by atoms with E-state index in [2.05, 4.69) is 34.0 Å². The van der Waals surface area contributed by atoms with Gasteiger partial charge in [-0.1, -0.05) is 20.3 Å². The SMILES string of the molecule is CC(C)c1csc(N(CCC(=O)O)CCN2CCCCC2)n1. The number of anilines is 1. The zero-order chi connectivity index (χ0) is 15.9. The minimum absolute atomic E-state index is 0.163. The van der Waals surface area contributed by atoms with Gasteiger partial charge in [-0.2, -0.15) is 0 Å². The summed E-state index contributed by atoms with van der Waals surface area (Å²) in [5, 5.41) is 12.0. The van der Waals surface area contributed by atoms with Gasteiger partial charge in [0, 0.05) is 25.0 Å². The summed E-state index contributed by atoms with van der Waals surface area (Å²) in [6, 6.07) is 0. The van der Waals surface area contributed by atoms with Gasteiger partial charge in [0.15, 0.2) is 5.13 Å². The van der Waals surface area contributed by atoms with E-state index < -0.39 is 5.97 Å². The van der Waals surface area contributed by atoms with Crippen molar-refractivity contribution in [2.75, 3.05) is 37.6 Å². The van der Waals surface area contributed by atoms with Crippen LogP contribution in [0.1, 0.15) is 51.1 Å². The summed E-state index contributed by atoms with van der Waals surface area (Å²) < 4.78 is 0. The number of aliphatic carboxylic acids is 1. The lowest BCUT2D eigenvalue weighted by Gasteiger charge is -2.29. The lowest BCUT2D eigenvalue weighted by molar-refractivity contribution is -0.136. The minimum atomic E-state index is -0.747. The first kappa shape index (κ1) is 17.2. The number of carboxylic acids is 1. The van der Waals surface area contributed by atoms with Gasteiger partial charge in [0.25, 0.3) is 0 Å². The molecule has 1 saturated heterocycles. The molecule has 1 aliphatic rings. The van der Waals surface area contributed by atoms with Crippen LogP contribution in [0, 0.1) is 0 Å². The molecule has 22 heavy (non-hydrogen) atoms. The summed E-state index contributed by atoms with van der Waals surface area (Å²) in [7, 11) is 0. The first-order valence-corrected chi connectivity index (χ1v) is 9.08. The summed E-state index contributed by atoms with van der Waals surface area (Å²) in [5.74, 6) is -0.336. The number of hydrogen-bond donors (Lipinski definition) is 1. The number of thiazole rings is 1. The Balaban J connectivity index is 1.95. The van der Waals surface area contributed by atoms with E-state index in [1.54, 1.807) is 11.3 Å². The van der Waals surface area contributed by atoms with Crippen LogP contribution in [-0.4, -0.2) is 53.7 Å². The number of likely N-dealkylation sites (tertiary alicyclic amines) is 1. The van der Waals surface area contributed by atoms with Crippen molar-refractivity contribution in [1.29, 1.82) is 0 Å². The zero-order valence-electron chi connectivity index (χ0n) is 13.6. The van der Waals surface area contributed by atoms with Gasteiger partial charge in [-0.05, 0) is 31.8 Å². The molecule has 1 aliphatic heterocycles. The highest BCUT2D eigenvalue weighted by Gasteiger charge is 2.16. The molecule has 0 bridgehead atoms. The van der Waals surface area contributed by atoms with Crippen LogP contribution in [0.15, 0.2) is 5.38 Å². The molecule has 0 unspecified atom stereocenters. The molecular formula is C16H27N3O2S. The summed E-state index contributed by atoms with van der Waals surface area (Å²) in [4.78, 5) is 20.2. The topological polar surface area (TPSA) is 56.7 Å². The van der Waals surface area contributed by atoms with Gasteiger partial charge in [-0.15, -0.1) is 11.3 Å². The van der Waals surface area contributed by atoms with Crippen LogP contribution in [0.2, 0.25) is 0 Å². The molecule has 0 spiro atoms. The lowest BCUT2D eigenvalue weighted by atomic mass is 10.1. The third-order valence-corrected chi connectivity index (χ3v) is 5.02. The molecule has 1 fully saturated rings. The van der Waals surface area contributed by atoms with Crippen molar-refractivity contribution in [3.63, 3.8) is 0 Å². The van der Waals surface area contributed by atoms with Crippen LogP contribution in [0.5, 0.6) is 0 Å². The van der Waals surface area contributed by atoms with Crippen LogP contribution < -0.4 is 4.90 Å². The largest absolute Gasteiger partial charge is 0.481 e. The molecule has 5 nitrogen and oxygen atoms in total. The van der Waals surface area contributed by atoms with E-state index in [0.29, 0.717) is 12.5 Å². The van der Waals surface area contributed by atoms with E-state index in [1.165, 1.54) is 32.4 Å². The number of piperidine rings is 1. The molecule has 2 rings (SSSR count). The summed E-state index contributed by atoms with van der Waals surface area (Å²) in [6.45, 7) is 8.99. The van der Waals surface area contributed by atoms with E-state index in [-0.39, 0.29) is 6.42 Å². The molecule has 0 aromatic carbocycles. The molecule has 0 saturated carbocycles. The van der Waals surface area contributed by atoms with E-state index in [4.69, 9.17) is 5.11 Å². The van der Waals surface area contributed by atoms with Gasteiger partial charge in [-0.3, -0.25) is 4.79 Å². The Bertz CT molecular complexity index is 470. The minimum Gasteiger partial charge on any atom is -0.481 e. The number of rotatable bonds is 8. The fourth-order valence-electron chi connectivity index (χ4n) is 2.67. The van der Waals surface area contributed by atoms with E-state index in [0.717, 1.165) is 23.9 Å². The normalized spacial score (nSPS) is 16.1.